The fraction of sp³-hybridized carbons (Fsp3) is 0.538. The number of halogens is 1. The number of benzene rings is 2. The predicted octanol–water partition coefficient (Wildman–Crippen LogP) is 4.11. The summed E-state index contributed by atoms with van der Waals surface area (Å²) in [6.45, 7) is 8.01. The van der Waals surface area contributed by atoms with Gasteiger partial charge in [0, 0.05) is 38.3 Å². The van der Waals surface area contributed by atoms with Gasteiger partial charge < -0.3 is 18.9 Å². The number of rotatable bonds is 10. The van der Waals surface area contributed by atoms with E-state index < -0.39 is 5.60 Å². The molecule has 0 radical (unpaired) electrons. The second kappa shape index (κ2) is 12.0. The molecule has 0 aliphatic carbocycles. The standard InChI is InChI=1S/C26H35ClN2O4/c1-30-26(21-33-25-9-5-7-23(27)17-25)19-29(12-14-31-20-26)18-22-6-4-8-24(16-22)32-15-13-28-10-2-3-11-28/h4-9,16-17H,2-3,10-15,18-21H2,1H3. The van der Waals surface area contributed by atoms with Gasteiger partial charge in [0.2, 0.25) is 0 Å². The molecule has 4 rings (SSSR count). The van der Waals surface area contributed by atoms with Gasteiger partial charge in [-0.1, -0.05) is 29.8 Å². The molecule has 0 amide bonds. The molecule has 0 bridgehead atoms. The third kappa shape index (κ3) is 7.33. The first-order chi connectivity index (χ1) is 16.1. The van der Waals surface area contributed by atoms with Gasteiger partial charge in [0.25, 0.3) is 0 Å². The van der Waals surface area contributed by atoms with Gasteiger partial charge in [-0.15, -0.1) is 0 Å². The SMILES string of the molecule is COC1(COc2cccc(Cl)c2)COCCN(Cc2cccc(OCCN3CCCC3)c2)C1. The van der Waals surface area contributed by atoms with Crippen molar-refractivity contribution >= 4 is 11.6 Å². The number of hydrogen-bond donors (Lipinski definition) is 0. The average Bonchev–Trinajstić information content (AvgIpc) is 3.25. The maximum Gasteiger partial charge on any atom is 0.137 e. The molecule has 2 heterocycles. The van der Waals surface area contributed by atoms with E-state index in [1.165, 1.54) is 31.5 Å². The molecular weight excluding hydrogens is 440 g/mol. The molecule has 180 valence electrons. The molecule has 2 fully saturated rings. The topological polar surface area (TPSA) is 43.4 Å². The van der Waals surface area contributed by atoms with Gasteiger partial charge in [-0.3, -0.25) is 9.80 Å². The number of methoxy groups -OCH3 is 1. The minimum Gasteiger partial charge on any atom is -0.492 e. The van der Waals surface area contributed by atoms with Crippen molar-refractivity contribution in [3.05, 3.63) is 59.1 Å². The van der Waals surface area contributed by atoms with E-state index >= 15 is 0 Å². The summed E-state index contributed by atoms with van der Waals surface area (Å²) in [5.41, 5.74) is 0.666. The van der Waals surface area contributed by atoms with Crippen LogP contribution in [0.2, 0.25) is 5.02 Å². The zero-order valence-electron chi connectivity index (χ0n) is 19.5. The summed E-state index contributed by atoms with van der Waals surface area (Å²) in [4.78, 5) is 4.83. The van der Waals surface area contributed by atoms with Crippen LogP contribution in [-0.2, 0) is 16.0 Å². The van der Waals surface area contributed by atoms with Crippen molar-refractivity contribution in [2.45, 2.75) is 25.0 Å². The van der Waals surface area contributed by atoms with E-state index in [0.29, 0.717) is 31.4 Å². The lowest BCUT2D eigenvalue weighted by molar-refractivity contribution is -0.0925. The Morgan fingerprint density at radius 3 is 2.55 bits per heavy atom. The number of nitrogens with zero attached hydrogens (tertiary/aromatic N) is 2. The Morgan fingerprint density at radius 2 is 1.76 bits per heavy atom. The van der Waals surface area contributed by atoms with E-state index in [4.69, 9.17) is 30.5 Å². The number of likely N-dealkylation sites (tertiary alicyclic amines) is 1. The Hall–Kier alpha value is -1.83. The van der Waals surface area contributed by atoms with Gasteiger partial charge in [-0.2, -0.15) is 0 Å². The van der Waals surface area contributed by atoms with Crippen LogP contribution >= 0.6 is 11.6 Å². The minimum atomic E-state index is -0.553. The molecule has 2 aliphatic heterocycles. The summed E-state index contributed by atoms with van der Waals surface area (Å²) in [5, 5.41) is 0.653. The van der Waals surface area contributed by atoms with Crippen molar-refractivity contribution < 1.29 is 18.9 Å². The van der Waals surface area contributed by atoms with Crippen LogP contribution in [0, 0.1) is 0 Å². The van der Waals surface area contributed by atoms with Crippen LogP contribution < -0.4 is 9.47 Å². The first-order valence-electron chi connectivity index (χ1n) is 11.8. The molecule has 0 saturated carbocycles. The summed E-state index contributed by atoms with van der Waals surface area (Å²) in [6, 6.07) is 15.8. The highest BCUT2D eigenvalue weighted by molar-refractivity contribution is 6.30. The summed E-state index contributed by atoms with van der Waals surface area (Å²) in [5.74, 6) is 1.66. The quantitative estimate of drug-likeness (QED) is 0.516. The lowest BCUT2D eigenvalue weighted by Gasteiger charge is -2.34. The van der Waals surface area contributed by atoms with E-state index in [2.05, 4.69) is 28.0 Å². The monoisotopic (exact) mass is 474 g/mol. The summed E-state index contributed by atoms with van der Waals surface area (Å²) in [6.07, 6.45) is 2.62. The molecule has 1 atom stereocenters. The Morgan fingerprint density at radius 1 is 0.970 bits per heavy atom. The minimum absolute atomic E-state index is 0.389. The first-order valence-corrected chi connectivity index (χ1v) is 12.2. The normalized spacial score (nSPS) is 22.2. The number of ether oxygens (including phenoxy) is 4. The van der Waals surface area contributed by atoms with Gasteiger partial charge in [-0.25, -0.2) is 0 Å². The maximum atomic E-state index is 6.10. The Bertz CT molecular complexity index is 877. The van der Waals surface area contributed by atoms with Crippen LogP contribution in [-0.4, -0.2) is 81.7 Å². The molecule has 33 heavy (non-hydrogen) atoms. The second-order valence-electron chi connectivity index (χ2n) is 8.94. The van der Waals surface area contributed by atoms with Gasteiger partial charge in [0.05, 0.1) is 13.2 Å². The molecule has 0 aromatic heterocycles. The van der Waals surface area contributed by atoms with E-state index in [1.807, 2.05) is 30.3 Å². The van der Waals surface area contributed by atoms with Crippen molar-refractivity contribution in [1.82, 2.24) is 9.80 Å². The lowest BCUT2D eigenvalue weighted by atomic mass is 10.1. The van der Waals surface area contributed by atoms with Gasteiger partial charge >= 0.3 is 0 Å². The van der Waals surface area contributed by atoms with Crippen molar-refractivity contribution in [1.29, 1.82) is 0 Å². The second-order valence-corrected chi connectivity index (χ2v) is 9.38. The Labute approximate surface area is 202 Å². The van der Waals surface area contributed by atoms with Crippen molar-refractivity contribution in [3.8, 4) is 11.5 Å². The van der Waals surface area contributed by atoms with Crippen LogP contribution in [0.3, 0.4) is 0 Å². The fourth-order valence-electron chi connectivity index (χ4n) is 4.45. The largest absolute Gasteiger partial charge is 0.492 e. The Kier molecular flexibility index (Phi) is 8.87. The molecule has 2 aromatic rings. The van der Waals surface area contributed by atoms with Gasteiger partial charge in [0.15, 0.2) is 0 Å². The number of hydrogen-bond acceptors (Lipinski definition) is 6. The van der Waals surface area contributed by atoms with E-state index in [-0.39, 0.29) is 0 Å². The Balaban J connectivity index is 1.33. The zero-order valence-corrected chi connectivity index (χ0v) is 20.3. The highest BCUT2D eigenvalue weighted by atomic mass is 35.5. The molecule has 1 unspecified atom stereocenters. The molecule has 6 nitrogen and oxygen atoms in total. The predicted molar refractivity (Wildman–Crippen MR) is 130 cm³/mol. The van der Waals surface area contributed by atoms with Crippen LogP contribution in [0.25, 0.3) is 0 Å². The summed E-state index contributed by atoms with van der Waals surface area (Å²) >= 11 is 6.10. The lowest BCUT2D eigenvalue weighted by Crippen LogP contribution is -2.50. The molecule has 0 N–H and O–H groups in total. The molecule has 2 aromatic carbocycles. The van der Waals surface area contributed by atoms with E-state index in [0.717, 1.165) is 37.7 Å². The summed E-state index contributed by atoms with van der Waals surface area (Å²) < 4.78 is 23.9. The third-order valence-corrected chi connectivity index (χ3v) is 6.57. The van der Waals surface area contributed by atoms with E-state index in [1.54, 1.807) is 7.11 Å². The van der Waals surface area contributed by atoms with Gasteiger partial charge in [-0.05, 0) is 61.8 Å². The molecular formula is C26H35ClN2O4. The average molecular weight is 475 g/mol. The summed E-state index contributed by atoms with van der Waals surface area (Å²) in [7, 11) is 1.73. The van der Waals surface area contributed by atoms with E-state index in [9.17, 15) is 0 Å². The van der Waals surface area contributed by atoms with Crippen LogP contribution in [0.1, 0.15) is 18.4 Å². The van der Waals surface area contributed by atoms with Crippen LogP contribution in [0.5, 0.6) is 11.5 Å². The molecule has 2 saturated heterocycles. The fourth-order valence-corrected chi connectivity index (χ4v) is 4.63. The molecule has 7 heteroatoms. The first kappa shape index (κ1) is 24.3. The smallest absolute Gasteiger partial charge is 0.137 e. The highest BCUT2D eigenvalue weighted by Gasteiger charge is 2.36. The van der Waals surface area contributed by atoms with Gasteiger partial charge in [0.1, 0.15) is 30.3 Å². The maximum absolute atomic E-state index is 6.10. The highest BCUT2D eigenvalue weighted by Crippen LogP contribution is 2.23. The zero-order chi connectivity index (χ0) is 22.9. The van der Waals surface area contributed by atoms with Crippen molar-refractivity contribution in [3.63, 3.8) is 0 Å². The third-order valence-electron chi connectivity index (χ3n) is 6.34. The van der Waals surface area contributed by atoms with Crippen molar-refractivity contribution in [2.24, 2.45) is 0 Å². The van der Waals surface area contributed by atoms with Crippen LogP contribution in [0.4, 0.5) is 0 Å². The molecule has 2 aliphatic rings. The van der Waals surface area contributed by atoms with Crippen LogP contribution in [0.15, 0.2) is 48.5 Å². The molecule has 0 spiro atoms. The van der Waals surface area contributed by atoms with Crippen molar-refractivity contribution in [2.75, 3.05) is 66.3 Å².